The lowest BCUT2D eigenvalue weighted by molar-refractivity contribution is -0.385. The van der Waals surface area contributed by atoms with Crippen LogP contribution in [-0.4, -0.2) is 10.2 Å². The summed E-state index contributed by atoms with van der Waals surface area (Å²) in [5.74, 6) is 0. The molecule has 0 amide bonds. The van der Waals surface area contributed by atoms with Crippen LogP contribution in [0.3, 0.4) is 0 Å². The number of rotatable bonds is 3. The number of allylic oxidation sites excluding steroid dienone is 1. The highest BCUT2D eigenvalue weighted by atomic mass is 35.5. The van der Waals surface area contributed by atoms with E-state index in [0.717, 1.165) is 0 Å². The van der Waals surface area contributed by atoms with Crippen LogP contribution in [0.15, 0.2) is 18.7 Å². The van der Waals surface area contributed by atoms with Crippen molar-refractivity contribution in [2.24, 2.45) is 0 Å². The molecule has 0 heterocycles. The summed E-state index contributed by atoms with van der Waals surface area (Å²) in [6.45, 7) is 7.00. The van der Waals surface area contributed by atoms with E-state index < -0.39 is 10.2 Å². The first-order valence-electron chi connectivity index (χ1n) is 4.49. The number of carbonyl (C=O) groups excluding carboxylic acids is 1. The van der Waals surface area contributed by atoms with Crippen LogP contribution in [0.25, 0.3) is 5.57 Å². The van der Waals surface area contributed by atoms with Gasteiger partial charge in [-0.25, -0.2) is 0 Å². The van der Waals surface area contributed by atoms with Crippen molar-refractivity contribution in [2.45, 2.75) is 13.8 Å². The van der Waals surface area contributed by atoms with E-state index in [1.807, 2.05) is 0 Å². The number of nitrogens with zero attached hydrogens (tertiary/aromatic N) is 1. The van der Waals surface area contributed by atoms with E-state index in [9.17, 15) is 14.9 Å². The second-order valence-corrected chi connectivity index (χ2v) is 3.84. The van der Waals surface area contributed by atoms with E-state index in [2.05, 4.69) is 6.58 Å². The maximum atomic E-state index is 11.0. The predicted octanol–water partition coefficient (Wildman–Crippen LogP) is 3.32. The molecule has 0 N–H and O–H groups in total. The molecule has 0 atom stereocenters. The van der Waals surface area contributed by atoms with E-state index in [1.165, 1.54) is 6.07 Å². The van der Waals surface area contributed by atoms with Crippen LogP contribution < -0.4 is 0 Å². The van der Waals surface area contributed by atoms with Crippen LogP contribution >= 0.6 is 11.6 Å². The molecule has 0 aliphatic heterocycles. The number of nitro benzene ring substituents is 1. The number of halogens is 1. The molecule has 5 heteroatoms. The highest BCUT2D eigenvalue weighted by Gasteiger charge is 2.19. The molecule has 84 valence electrons. The SMILES string of the molecule is C=C(C)c1cc(C)c(C(=O)Cl)cc1[N+](=O)[O-]. The molecule has 0 saturated heterocycles. The van der Waals surface area contributed by atoms with E-state index in [1.54, 1.807) is 19.9 Å². The molecule has 0 saturated carbocycles. The summed E-state index contributed by atoms with van der Waals surface area (Å²) in [5, 5.41) is 10.1. The fourth-order valence-corrected chi connectivity index (χ4v) is 1.60. The Labute approximate surface area is 97.7 Å². The third kappa shape index (κ3) is 2.28. The van der Waals surface area contributed by atoms with Crippen LogP contribution in [0.2, 0.25) is 0 Å². The van der Waals surface area contributed by atoms with Gasteiger partial charge in [0.2, 0.25) is 0 Å². The lowest BCUT2D eigenvalue weighted by Gasteiger charge is -2.06. The molecule has 0 aliphatic carbocycles. The highest BCUT2D eigenvalue weighted by Crippen LogP contribution is 2.28. The van der Waals surface area contributed by atoms with Gasteiger partial charge in [0.25, 0.3) is 10.9 Å². The number of nitro groups is 1. The maximum absolute atomic E-state index is 11.0. The van der Waals surface area contributed by atoms with Crippen molar-refractivity contribution in [3.63, 3.8) is 0 Å². The first-order chi connectivity index (χ1) is 7.34. The van der Waals surface area contributed by atoms with Crippen molar-refractivity contribution in [3.05, 3.63) is 45.5 Å². The fraction of sp³-hybridized carbons (Fsp3) is 0.182. The van der Waals surface area contributed by atoms with Gasteiger partial charge in [0.15, 0.2) is 0 Å². The number of carbonyl (C=O) groups is 1. The molecule has 0 unspecified atom stereocenters. The largest absolute Gasteiger partial charge is 0.277 e. The lowest BCUT2D eigenvalue weighted by atomic mass is 10.00. The second kappa shape index (κ2) is 4.45. The molecule has 1 aromatic rings. The Kier molecular flexibility index (Phi) is 3.44. The third-order valence-electron chi connectivity index (χ3n) is 2.21. The predicted molar refractivity (Wildman–Crippen MR) is 62.7 cm³/mol. The van der Waals surface area contributed by atoms with Crippen LogP contribution in [-0.2, 0) is 0 Å². The summed E-state index contributed by atoms with van der Waals surface area (Å²) < 4.78 is 0. The van der Waals surface area contributed by atoms with E-state index in [0.29, 0.717) is 16.7 Å². The summed E-state index contributed by atoms with van der Waals surface area (Å²) in [7, 11) is 0. The van der Waals surface area contributed by atoms with Gasteiger partial charge in [0, 0.05) is 11.6 Å². The minimum absolute atomic E-state index is 0.151. The molecule has 0 spiro atoms. The van der Waals surface area contributed by atoms with Gasteiger partial charge >= 0.3 is 0 Å². The standard InChI is InChI=1S/C11H10ClNO3/c1-6(2)8-4-7(3)9(11(12)14)5-10(8)13(15)16/h4-5H,1H2,2-3H3. The van der Waals surface area contributed by atoms with Crippen molar-refractivity contribution >= 4 is 28.1 Å². The molecule has 16 heavy (non-hydrogen) atoms. The fourth-order valence-electron chi connectivity index (χ4n) is 1.40. The molecular formula is C11H10ClNO3. The normalized spacial score (nSPS) is 9.94. The minimum atomic E-state index is -0.700. The molecule has 4 nitrogen and oxygen atoms in total. The van der Waals surface area contributed by atoms with Crippen molar-refractivity contribution < 1.29 is 9.72 Å². The van der Waals surface area contributed by atoms with Gasteiger partial charge in [-0.3, -0.25) is 14.9 Å². The number of hydrogen-bond acceptors (Lipinski definition) is 3. The summed E-state index contributed by atoms with van der Waals surface area (Å²) in [6.07, 6.45) is 0. The van der Waals surface area contributed by atoms with Crippen molar-refractivity contribution in [3.8, 4) is 0 Å². The lowest BCUT2D eigenvalue weighted by Crippen LogP contribution is -2.00. The molecular weight excluding hydrogens is 230 g/mol. The first-order valence-corrected chi connectivity index (χ1v) is 4.87. The Hall–Kier alpha value is -1.68. The Morgan fingerprint density at radius 2 is 2.00 bits per heavy atom. The second-order valence-electron chi connectivity index (χ2n) is 3.50. The zero-order valence-electron chi connectivity index (χ0n) is 8.91. The molecule has 1 rings (SSSR count). The van der Waals surface area contributed by atoms with E-state index >= 15 is 0 Å². The van der Waals surface area contributed by atoms with Crippen molar-refractivity contribution in [2.75, 3.05) is 0 Å². The van der Waals surface area contributed by atoms with Gasteiger partial charge in [-0.1, -0.05) is 6.58 Å². The van der Waals surface area contributed by atoms with Crippen LogP contribution in [0.1, 0.15) is 28.4 Å². The van der Waals surface area contributed by atoms with Crippen LogP contribution in [0.5, 0.6) is 0 Å². The smallest absolute Gasteiger partial charge is 0.276 e. The zero-order valence-corrected chi connectivity index (χ0v) is 9.67. The summed E-state index contributed by atoms with van der Waals surface area (Å²) in [4.78, 5) is 21.3. The van der Waals surface area contributed by atoms with Gasteiger partial charge in [0.05, 0.1) is 10.5 Å². The number of benzene rings is 1. The van der Waals surface area contributed by atoms with Crippen LogP contribution in [0.4, 0.5) is 5.69 Å². The number of aryl methyl sites for hydroxylation is 1. The average molecular weight is 240 g/mol. The Bertz CT molecular complexity index is 494. The molecule has 1 aromatic carbocycles. The number of hydrogen-bond donors (Lipinski definition) is 0. The maximum Gasteiger partial charge on any atom is 0.277 e. The molecule has 0 radical (unpaired) electrons. The Morgan fingerprint density at radius 1 is 1.44 bits per heavy atom. The molecule has 0 aliphatic rings. The monoisotopic (exact) mass is 239 g/mol. The molecule has 0 aromatic heterocycles. The van der Waals surface area contributed by atoms with Crippen molar-refractivity contribution in [1.29, 1.82) is 0 Å². The summed E-state index contributed by atoms with van der Waals surface area (Å²) in [5.41, 5.74) is 1.59. The van der Waals surface area contributed by atoms with Gasteiger partial charge in [-0.05, 0) is 42.7 Å². The van der Waals surface area contributed by atoms with Gasteiger partial charge in [0.1, 0.15) is 0 Å². The molecule has 0 fully saturated rings. The summed E-state index contributed by atoms with van der Waals surface area (Å²) >= 11 is 5.33. The Morgan fingerprint density at radius 3 is 2.38 bits per heavy atom. The zero-order chi connectivity index (χ0) is 12.5. The van der Waals surface area contributed by atoms with E-state index in [-0.39, 0.29) is 11.3 Å². The van der Waals surface area contributed by atoms with Crippen molar-refractivity contribution in [1.82, 2.24) is 0 Å². The first kappa shape index (κ1) is 12.4. The topological polar surface area (TPSA) is 60.2 Å². The average Bonchev–Trinajstić information content (AvgIpc) is 2.15. The van der Waals surface area contributed by atoms with Crippen LogP contribution in [0, 0.1) is 17.0 Å². The minimum Gasteiger partial charge on any atom is -0.276 e. The van der Waals surface area contributed by atoms with Gasteiger partial charge < -0.3 is 0 Å². The summed E-state index contributed by atoms with van der Waals surface area (Å²) in [6, 6.07) is 2.74. The quantitative estimate of drug-likeness (QED) is 0.462. The van der Waals surface area contributed by atoms with Gasteiger partial charge in [-0.15, -0.1) is 0 Å². The Balaban J connectivity index is 3.55. The third-order valence-corrected chi connectivity index (χ3v) is 2.41. The van der Waals surface area contributed by atoms with E-state index in [4.69, 9.17) is 11.6 Å². The van der Waals surface area contributed by atoms with Gasteiger partial charge in [-0.2, -0.15) is 0 Å². The highest BCUT2D eigenvalue weighted by molar-refractivity contribution is 6.68. The molecule has 0 bridgehead atoms.